The number of rotatable bonds is 6. The maximum Gasteiger partial charge on any atom is 0.248 e. The molecule has 0 aliphatic rings. The van der Waals surface area contributed by atoms with Gasteiger partial charge in [0.05, 0.1) is 25.6 Å². The van der Waals surface area contributed by atoms with Gasteiger partial charge in [0.15, 0.2) is 0 Å². The van der Waals surface area contributed by atoms with E-state index in [0.29, 0.717) is 17.2 Å². The number of methoxy groups -OCH3 is 2. The zero-order valence-electron chi connectivity index (χ0n) is 14.4. The molecule has 132 valence electrons. The monoisotopic (exact) mass is 350 g/mol. The highest BCUT2D eigenvalue weighted by atomic mass is 16.5. The molecule has 0 saturated carbocycles. The number of nitrogens with one attached hydrogen (secondary N) is 1. The van der Waals surface area contributed by atoms with Crippen LogP contribution in [0.5, 0.6) is 11.5 Å². The van der Waals surface area contributed by atoms with Gasteiger partial charge in [-0.15, -0.1) is 0 Å². The van der Waals surface area contributed by atoms with Gasteiger partial charge in [-0.25, -0.2) is 9.67 Å². The predicted molar refractivity (Wildman–Crippen MR) is 98.6 cm³/mol. The highest BCUT2D eigenvalue weighted by molar-refractivity contribution is 6.03. The van der Waals surface area contributed by atoms with E-state index in [4.69, 9.17) is 9.47 Å². The van der Waals surface area contributed by atoms with E-state index < -0.39 is 0 Å². The number of benzene rings is 2. The molecule has 0 bridgehead atoms. The van der Waals surface area contributed by atoms with E-state index in [9.17, 15) is 4.79 Å². The number of aromatic nitrogens is 3. The van der Waals surface area contributed by atoms with Gasteiger partial charge in [-0.3, -0.25) is 4.79 Å². The summed E-state index contributed by atoms with van der Waals surface area (Å²) in [4.78, 5) is 16.3. The van der Waals surface area contributed by atoms with Gasteiger partial charge in [0.25, 0.3) is 0 Å². The van der Waals surface area contributed by atoms with Gasteiger partial charge in [0.1, 0.15) is 24.2 Å². The summed E-state index contributed by atoms with van der Waals surface area (Å²) in [6.45, 7) is 0. The van der Waals surface area contributed by atoms with Crippen LogP contribution in [0.25, 0.3) is 11.8 Å². The first kappa shape index (κ1) is 17.2. The third kappa shape index (κ3) is 3.89. The second kappa shape index (κ2) is 7.98. The summed E-state index contributed by atoms with van der Waals surface area (Å²) < 4.78 is 12.1. The number of hydrogen-bond acceptors (Lipinski definition) is 5. The molecule has 1 amide bonds. The van der Waals surface area contributed by atoms with Gasteiger partial charge in [0.2, 0.25) is 5.91 Å². The van der Waals surface area contributed by atoms with Crippen molar-refractivity contribution in [3.05, 3.63) is 66.8 Å². The Labute approximate surface area is 150 Å². The molecule has 3 aromatic rings. The molecule has 0 atom stereocenters. The number of para-hydroxylation sites is 2. The van der Waals surface area contributed by atoms with Crippen LogP contribution in [0.3, 0.4) is 0 Å². The maximum atomic E-state index is 12.3. The summed E-state index contributed by atoms with van der Waals surface area (Å²) in [6, 6.07) is 12.7. The van der Waals surface area contributed by atoms with Crippen LogP contribution >= 0.6 is 0 Å². The topological polar surface area (TPSA) is 78.3 Å². The standard InChI is InChI=1S/C19H18N4O3/c1-25-15-9-7-14(18(11-15)26-2)8-10-19(24)22-16-5-3-4-6-17(16)23-13-20-12-21-23/h3-13H,1-2H3,(H,22,24)/b10-8+. The molecule has 0 spiro atoms. The Morgan fingerprint density at radius 2 is 2.00 bits per heavy atom. The maximum absolute atomic E-state index is 12.3. The van der Waals surface area contributed by atoms with Gasteiger partial charge < -0.3 is 14.8 Å². The fourth-order valence-electron chi connectivity index (χ4n) is 2.41. The molecular weight excluding hydrogens is 332 g/mol. The Morgan fingerprint density at radius 1 is 1.15 bits per heavy atom. The molecule has 0 aliphatic heterocycles. The normalized spacial score (nSPS) is 10.7. The summed E-state index contributed by atoms with van der Waals surface area (Å²) in [5, 5.41) is 6.94. The van der Waals surface area contributed by atoms with Gasteiger partial charge in [0, 0.05) is 17.7 Å². The molecule has 26 heavy (non-hydrogen) atoms. The van der Waals surface area contributed by atoms with Crippen molar-refractivity contribution in [3.8, 4) is 17.2 Å². The van der Waals surface area contributed by atoms with Crippen molar-refractivity contribution in [1.82, 2.24) is 14.8 Å². The Balaban J connectivity index is 1.77. The molecule has 0 radical (unpaired) electrons. The fourth-order valence-corrected chi connectivity index (χ4v) is 2.41. The Kier molecular flexibility index (Phi) is 5.28. The summed E-state index contributed by atoms with van der Waals surface area (Å²) >= 11 is 0. The lowest BCUT2D eigenvalue weighted by molar-refractivity contribution is -0.111. The van der Waals surface area contributed by atoms with Crippen LogP contribution in [0, 0.1) is 0 Å². The minimum atomic E-state index is -0.268. The first-order valence-corrected chi connectivity index (χ1v) is 7.86. The highest BCUT2D eigenvalue weighted by Gasteiger charge is 2.07. The lowest BCUT2D eigenvalue weighted by Gasteiger charge is -2.09. The average molecular weight is 350 g/mol. The minimum absolute atomic E-state index is 0.268. The number of nitrogens with zero attached hydrogens (tertiary/aromatic N) is 3. The number of carbonyl (C=O) groups excluding carboxylic acids is 1. The molecule has 7 nitrogen and oxygen atoms in total. The third-order valence-corrected chi connectivity index (χ3v) is 3.68. The van der Waals surface area contributed by atoms with E-state index in [2.05, 4.69) is 15.4 Å². The van der Waals surface area contributed by atoms with Crippen molar-refractivity contribution in [1.29, 1.82) is 0 Å². The molecular formula is C19H18N4O3. The van der Waals surface area contributed by atoms with Crippen LogP contribution in [-0.2, 0) is 4.79 Å². The zero-order valence-corrected chi connectivity index (χ0v) is 14.4. The number of ether oxygens (including phenoxy) is 2. The van der Waals surface area contributed by atoms with E-state index in [1.807, 2.05) is 24.3 Å². The van der Waals surface area contributed by atoms with Crippen LogP contribution in [0.4, 0.5) is 5.69 Å². The molecule has 7 heteroatoms. The third-order valence-electron chi connectivity index (χ3n) is 3.68. The number of amides is 1. The van der Waals surface area contributed by atoms with Gasteiger partial charge >= 0.3 is 0 Å². The Bertz CT molecular complexity index is 920. The Morgan fingerprint density at radius 3 is 2.73 bits per heavy atom. The first-order valence-electron chi connectivity index (χ1n) is 7.86. The van der Waals surface area contributed by atoms with E-state index in [1.165, 1.54) is 12.4 Å². The molecule has 0 saturated heterocycles. The van der Waals surface area contributed by atoms with Crippen molar-refractivity contribution in [2.24, 2.45) is 0 Å². The van der Waals surface area contributed by atoms with Crippen LogP contribution in [0.2, 0.25) is 0 Å². The lowest BCUT2D eigenvalue weighted by atomic mass is 10.1. The number of anilines is 1. The second-order valence-electron chi connectivity index (χ2n) is 5.29. The average Bonchev–Trinajstić information content (AvgIpc) is 3.21. The molecule has 0 fully saturated rings. The summed E-state index contributed by atoms with van der Waals surface area (Å²) in [5.41, 5.74) is 2.14. The summed E-state index contributed by atoms with van der Waals surface area (Å²) in [6.07, 6.45) is 6.14. The van der Waals surface area contributed by atoms with E-state index in [-0.39, 0.29) is 5.91 Å². The molecule has 1 aromatic heterocycles. The van der Waals surface area contributed by atoms with E-state index >= 15 is 0 Å². The fraction of sp³-hybridized carbons (Fsp3) is 0.105. The van der Waals surface area contributed by atoms with Crippen molar-refractivity contribution in [2.45, 2.75) is 0 Å². The highest BCUT2D eigenvalue weighted by Crippen LogP contribution is 2.25. The zero-order chi connectivity index (χ0) is 18.4. The van der Waals surface area contributed by atoms with Crippen molar-refractivity contribution < 1.29 is 14.3 Å². The smallest absolute Gasteiger partial charge is 0.248 e. The van der Waals surface area contributed by atoms with Gasteiger partial charge in [-0.2, -0.15) is 5.10 Å². The Hall–Kier alpha value is -3.61. The van der Waals surface area contributed by atoms with Gasteiger partial charge in [-0.05, 0) is 30.3 Å². The second-order valence-corrected chi connectivity index (χ2v) is 5.29. The lowest BCUT2D eigenvalue weighted by Crippen LogP contribution is -2.10. The van der Waals surface area contributed by atoms with Crippen molar-refractivity contribution >= 4 is 17.7 Å². The van der Waals surface area contributed by atoms with E-state index in [1.54, 1.807) is 49.5 Å². The number of carbonyl (C=O) groups is 1. The minimum Gasteiger partial charge on any atom is -0.497 e. The van der Waals surface area contributed by atoms with Crippen molar-refractivity contribution in [2.75, 3.05) is 19.5 Å². The van der Waals surface area contributed by atoms with Gasteiger partial charge in [-0.1, -0.05) is 12.1 Å². The molecule has 2 aromatic carbocycles. The molecule has 0 aliphatic carbocycles. The SMILES string of the molecule is COc1ccc(/C=C/C(=O)Nc2ccccc2-n2cncn2)c(OC)c1. The molecule has 0 unspecified atom stereocenters. The molecule has 1 N–H and O–H groups in total. The quantitative estimate of drug-likeness (QED) is 0.692. The number of hydrogen-bond donors (Lipinski definition) is 1. The molecule has 3 rings (SSSR count). The van der Waals surface area contributed by atoms with Crippen molar-refractivity contribution in [3.63, 3.8) is 0 Å². The largest absolute Gasteiger partial charge is 0.497 e. The van der Waals surface area contributed by atoms with Crippen LogP contribution < -0.4 is 14.8 Å². The van der Waals surface area contributed by atoms with Crippen LogP contribution in [0.15, 0.2) is 61.2 Å². The van der Waals surface area contributed by atoms with Crippen LogP contribution in [0.1, 0.15) is 5.56 Å². The summed E-state index contributed by atoms with van der Waals surface area (Å²) in [5.74, 6) is 1.04. The van der Waals surface area contributed by atoms with Crippen LogP contribution in [-0.4, -0.2) is 34.9 Å². The predicted octanol–water partition coefficient (Wildman–Crippen LogP) is 2.94. The van der Waals surface area contributed by atoms with E-state index in [0.717, 1.165) is 11.3 Å². The molecule has 1 heterocycles. The summed E-state index contributed by atoms with van der Waals surface area (Å²) in [7, 11) is 3.16. The first-order chi connectivity index (χ1) is 12.7.